The van der Waals surface area contributed by atoms with Crippen molar-refractivity contribution in [2.45, 2.75) is 19.8 Å². The maximum absolute atomic E-state index is 12.9. The van der Waals surface area contributed by atoms with Crippen molar-refractivity contribution >= 4 is 80.7 Å². The average Bonchev–Trinajstić information content (AvgIpc) is 3.50. The summed E-state index contributed by atoms with van der Waals surface area (Å²) in [6.07, 6.45) is 3.44. The van der Waals surface area contributed by atoms with Crippen LogP contribution < -0.4 is 14.8 Å². The summed E-state index contributed by atoms with van der Waals surface area (Å²) in [6, 6.07) is 8.63. The van der Waals surface area contributed by atoms with Crippen LogP contribution in [-0.2, 0) is 14.4 Å². The first-order valence-electron chi connectivity index (χ1n) is 11.8. The summed E-state index contributed by atoms with van der Waals surface area (Å²) in [7, 11) is 1.47. The fourth-order valence-electron chi connectivity index (χ4n) is 3.96. The number of carbonyl (C=O) groups is 4. The number of carbonyl (C=O) groups excluding carboxylic acids is 4. The first kappa shape index (κ1) is 28.2. The normalized spacial score (nSPS) is 16.4. The van der Waals surface area contributed by atoms with Gasteiger partial charge in [-0.1, -0.05) is 17.7 Å². The molecule has 0 saturated carbocycles. The lowest BCUT2D eigenvalue weighted by Crippen LogP contribution is -2.40. The van der Waals surface area contributed by atoms with Gasteiger partial charge >= 0.3 is 0 Å². The lowest BCUT2D eigenvalue weighted by molar-refractivity contribution is -0.135. The monoisotopic (exact) mass is 669 g/mol. The molecule has 4 rings (SSSR count). The van der Waals surface area contributed by atoms with Crippen molar-refractivity contribution in [2.24, 2.45) is 0 Å². The van der Waals surface area contributed by atoms with Gasteiger partial charge in [0.15, 0.2) is 18.1 Å². The van der Waals surface area contributed by atoms with Gasteiger partial charge in [-0.05, 0) is 95.6 Å². The summed E-state index contributed by atoms with van der Waals surface area (Å²) < 4.78 is 11.8. The second kappa shape index (κ2) is 12.4. The van der Waals surface area contributed by atoms with E-state index in [1.54, 1.807) is 35.2 Å². The number of thioether (sulfide) groups is 1. The van der Waals surface area contributed by atoms with Gasteiger partial charge in [0, 0.05) is 23.8 Å². The van der Waals surface area contributed by atoms with Crippen LogP contribution in [-0.4, -0.2) is 66.1 Å². The van der Waals surface area contributed by atoms with Gasteiger partial charge in [0.25, 0.3) is 17.1 Å². The van der Waals surface area contributed by atoms with E-state index < -0.39 is 11.1 Å². The third kappa shape index (κ3) is 6.62. The molecule has 2 fully saturated rings. The molecule has 0 spiro atoms. The van der Waals surface area contributed by atoms with Crippen LogP contribution in [0.3, 0.4) is 0 Å². The molecule has 2 aliphatic rings. The van der Waals surface area contributed by atoms with E-state index in [1.165, 1.54) is 7.11 Å². The lowest BCUT2D eigenvalue weighted by atomic mass is 10.2. The molecule has 38 heavy (non-hydrogen) atoms. The number of likely N-dealkylation sites (tertiary alicyclic amines) is 1. The highest BCUT2D eigenvalue weighted by atomic mass is 127. The van der Waals surface area contributed by atoms with E-state index in [9.17, 15) is 19.2 Å². The van der Waals surface area contributed by atoms with E-state index >= 15 is 0 Å². The number of rotatable bonds is 8. The molecule has 2 aliphatic heterocycles. The van der Waals surface area contributed by atoms with Crippen molar-refractivity contribution in [3.05, 3.63) is 55.0 Å². The number of aryl methyl sites for hydroxylation is 1. The van der Waals surface area contributed by atoms with E-state index in [-0.39, 0.29) is 29.9 Å². The summed E-state index contributed by atoms with van der Waals surface area (Å²) in [4.78, 5) is 53.1. The molecule has 0 unspecified atom stereocenters. The number of nitrogens with one attached hydrogen (secondary N) is 1. The third-order valence-electron chi connectivity index (χ3n) is 5.98. The summed E-state index contributed by atoms with van der Waals surface area (Å²) >= 11 is 8.96. The molecule has 0 radical (unpaired) electrons. The van der Waals surface area contributed by atoms with Crippen molar-refractivity contribution in [3.8, 4) is 11.5 Å². The summed E-state index contributed by atoms with van der Waals surface area (Å²) in [5.74, 6) is -0.374. The van der Waals surface area contributed by atoms with Crippen LogP contribution in [0.15, 0.2) is 35.2 Å². The molecule has 1 N–H and O–H groups in total. The topological polar surface area (TPSA) is 105 Å². The SMILES string of the molecule is COc1cc(/C=C2\SC(=O)N(CC(=O)N3CCCC3)C2=O)cc(I)c1OCC(=O)Nc1ccc(C)c(Cl)c1. The van der Waals surface area contributed by atoms with Crippen molar-refractivity contribution in [2.75, 3.05) is 38.7 Å². The first-order chi connectivity index (χ1) is 18.2. The number of methoxy groups -OCH3 is 1. The van der Waals surface area contributed by atoms with Gasteiger partial charge in [0.2, 0.25) is 5.91 Å². The zero-order valence-electron chi connectivity index (χ0n) is 20.7. The predicted octanol–water partition coefficient (Wildman–Crippen LogP) is 4.94. The summed E-state index contributed by atoms with van der Waals surface area (Å²) in [5.41, 5.74) is 2.07. The number of benzene rings is 2. The van der Waals surface area contributed by atoms with E-state index in [2.05, 4.69) is 5.32 Å². The van der Waals surface area contributed by atoms with Gasteiger partial charge < -0.3 is 19.7 Å². The van der Waals surface area contributed by atoms with Gasteiger partial charge in [-0.2, -0.15) is 0 Å². The standard InChI is InChI=1S/C26H25ClIN3O6S/c1-15-5-6-17(12-18(15)27)29-22(32)14-37-24-19(28)9-16(10-20(24)36-2)11-21-25(34)31(26(35)38-21)13-23(33)30-7-3-4-8-30/h5-6,9-12H,3-4,7-8,13-14H2,1-2H3,(H,29,32)/b21-11-. The smallest absolute Gasteiger partial charge is 0.294 e. The van der Waals surface area contributed by atoms with Crippen molar-refractivity contribution in [1.82, 2.24) is 9.80 Å². The Morgan fingerprint density at radius 3 is 2.61 bits per heavy atom. The quantitative estimate of drug-likeness (QED) is 0.314. The number of halogens is 2. The van der Waals surface area contributed by atoms with Crippen molar-refractivity contribution < 1.29 is 28.7 Å². The van der Waals surface area contributed by atoms with Crippen molar-refractivity contribution in [3.63, 3.8) is 0 Å². The number of ether oxygens (including phenoxy) is 2. The van der Waals surface area contributed by atoms with Gasteiger partial charge in [-0.15, -0.1) is 0 Å². The number of imide groups is 1. The zero-order chi connectivity index (χ0) is 27.4. The molecule has 200 valence electrons. The molecule has 4 amide bonds. The predicted molar refractivity (Wildman–Crippen MR) is 155 cm³/mol. The minimum Gasteiger partial charge on any atom is -0.493 e. The highest BCUT2D eigenvalue weighted by Gasteiger charge is 2.37. The lowest BCUT2D eigenvalue weighted by Gasteiger charge is -2.18. The maximum Gasteiger partial charge on any atom is 0.294 e. The molecular weight excluding hydrogens is 645 g/mol. The Morgan fingerprint density at radius 2 is 1.92 bits per heavy atom. The fraction of sp³-hybridized carbons (Fsp3) is 0.308. The van der Waals surface area contributed by atoms with E-state index in [0.29, 0.717) is 44.4 Å². The van der Waals surface area contributed by atoms with Crippen LogP contribution in [0.1, 0.15) is 24.0 Å². The number of hydrogen-bond acceptors (Lipinski definition) is 7. The van der Waals surface area contributed by atoms with Crippen LogP contribution >= 0.6 is 46.0 Å². The Bertz CT molecular complexity index is 1330. The number of hydrogen-bond donors (Lipinski definition) is 1. The highest BCUT2D eigenvalue weighted by Crippen LogP contribution is 2.37. The average molecular weight is 670 g/mol. The minimum atomic E-state index is -0.505. The fourth-order valence-corrected chi connectivity index (χ4v) is 5.76. The molecule has 12 heteroatoms. The first-order valence-corrected chi connectivity index (χ1v) is 14.0. The molecule has 2 aromatic carbocycles. The Hall–Kier alpha value is -2.77. The second-order valence-corrected chi connectivity index (χ2v) is 11.3. The number of nitrogens with zero attached hydrogens (tertiary/aromatic N) is 2. The van der Waals surface area contributed by atoms with E-state index in [4.69, 9.17) is 21.1 Å². The molecule has 2 saturated heterocycles. The largest absolute Gasteiger partial charge is 0.493 e. The molecular formula is C26H25ClIN3O6S. The Labute approximate surface area is 243 Å². The van der Waals surface area contributed by atoms with Crippen LogP contribution in [0.5, 0.6) is 11.5 Å². The summed E-state index contributed by atoms with van der Waals surface area (Å²) in [5, 5.41) is 2.81. The molecule has 0 aromatic heterocycles. The van der Waals surface area contributed by atoms with Crippen LogP contribution in [0.4, 0.5) is 10.5 Å². The molecule has 0 atom stereocenters. The zero-order valence-corrected chi connectivity index (χ0v) is 24.4. The molecule has 0 bridgehead atoms. The highest BCUT2D eigenvalue weighted by molar-refractivity contribution is 14.1. The Morgan fingerprint density at radius 1 is 1.18 bits per heavy atom. The van der Waals surface area contributed by atoms with Gasteiger partial charge in [0.05, 0.1) is 15.6 Å². The van der Waals surface area contributed by atoms with E-state index in [0.717, 1.165) is 35.1 Å². The van der Waals surface area contributed by atoms with Crippen LogP contribution in [0.2, 0.25) is 5.02 Å². The Balaban J connectivity index is 1.43. The molecule has 2 heterocycles. The van der Waals surface area contributed by atoms with Crippen molar-refractivity contribution in [1.29, 1.82) is 0 Å². The Kier molecular flexibility index (Phi) is 9.21. The van der Waals surface area contributed by atoms with Crippen LogP contribution in [0, 0.1) is 10.5 Å². The van der Waals surface area contributed by atoms with Crippen LogP contribution in [0.25, 0.3) is 6.08 Å². The minimum absolute atomic E-state index is 0.215. The molecule has 2 aromatic rings. The number of amides is 4. The third-order valence-corrected chi connectivity index (χ3v) is 8.09. The molecule has 9 nitrogen and oxygen atoms in total. The van der Waals surface area contributed by atoms with Gasteiger partial charge in [-0.3, -0.25) is 24.1 Å². The molecule has 0 aliphatic carbocycles. The van der Waals surface area contributed by atoms with Gasteiger partial charge in [-0.25, -0.2) is 0 Å². The second-order valence-electron chi connectivity index (χ2n) is 8.69. The van der Waals surface area contributed by atoms with Gasteiger partial charge in [0.1, 0.15) is 6.54 Å². The maximum atomic E-state index is 12.9. The summed E-state index contributed by atoms with van der Waals surface area (Å²) in [6.45, 7) is 2.66. The number of anilines is 1. The van der Waals surface area contributed by atoms with E-state index in [1.807, 2.05) is 35.6 Å².